The van der Waals surface area contributed by atoms with Gasteiger partial charge in [-0.3, -0.25) is 5.43 Å². The molecule has 0 fully saturated rings. The van der Waals surface area contributed by atoms with Crippen molar-refractivity contribution in [2.75, 3.05) is 0 Å². The van der Waals surface area contributed by atoms with E-state index in [1.54, 1.807) is 0 Å². The number of benzene rings is 2. The Bertz CT molecular complexity index is 586. The zero-order chi connectivity index (χ0) is 14.3. The molecule has 0 saturated carbocycles. The zero-order valence-corrected chi connectivity index (χ0v) is 12.1. The van der Waals surface area contributed by atoms with E-state index in [-0.39, 0.29) is 0 Å². The third-order valence-electron chi connectivity index (χ3n) is 3.70. The van der Waals surface area contributed by atoms with Crippen LogP contribution < -0.4 is 5.43 Å². The highest BCUT2D eigenvalue weighted by atomic mass is 15.3. The van der Waals surface area contributed by atoms with Crippen LogP contribution in [0.3, 0.4) is 0 Å². The van der Waals surface area contributed by atoms with Crippen LogP contribution in [0.5, 0.6) is 0 Å². The molecule has 21 heavy (non-hydrogen) atoms. The SMILES string of the molecule is C1=C(NN=C(c2ccccc2)c2ccccc2)CCCC1. The van der Waals surface area contributed by atoms with E-state index in [0.717, 1.165) is 29.7 Å². The first-order valence-corrected chi connectivity index (χ1v) is 7.57. The van der Waals surface area contributed by atoms with Gasteiger partial charge in [-0.1, -0.05) is 66.7 Å². The van der Waals surface area contributed by atoms with Crippen LogP contribution in [0.4, 0.5) is 0 Å². The normalized spacial score (nSPS) is 14.2. The molecule has 0 heterocycles. The van der Waals surface area contributed by atoms with Crippen molar-refractivity contribution >= 4 is 5.71 Å². The van der Waals surface area contributed by atoms with Gasteiger partial charge in [-0.05, 0) is 25.7 Å². The molecule has 106 valence electrons. The Balaban J connectivity index is 1.91. The summed E-state index contributed by atoms with van der Waals surface area (Å²) in [6, 6.07) is 20.7. The molecule has 1 aliphatic rings. The second kappa shape index (κ2) is 6.89. The first-order chi connectivity index (χ1) is 10.4. The molecule has 0 aromatic heterocycles. The van der Waals surface area contributed by atoms with Crippen molar-refractivity contribution in [3.05, 3.63) is 83.6 Å². The summed E-state index contributed by atoms with van der Waals surface area (Å²) in [4.78, 5) is 0. The Hall–Kier alpha value is -2.35. The standard InChI is InChI=1S/C19H20N2/c1-4-10-16(11-5-1)19(17-12-6-2-7-13-17)21-20-18-14-8-3-9-15-18/h1-2,4-7,10-14,20H,3,8-9,15H2. The predicted molar refractivity (Wildman–Crippen MR) is 88.2 cm³/mol. The quantitative estimate of drug-likeness (QED) is 0.646. The van der Waals surface area contributed by atoms with Gasteiger partial charge in [-0.25, -0.2) is 0 Å². The molecule has 3 rings (SSSR count). The van der Waals surface area contributed by atoms with Gasteiger partial charge in [-0.2, -0.15) is 5.10 Å². The van der Waals surface area contributed by atoms with Crippen molar-refractivity contribution in [3.8, 4) is 0 Å². The minimum atomic E-state index is 0.989. The molecule has 1 N–H and O–H groups in total. The van der Waals surface area contributed by atoms with Gasteiger partial charge in [0.15, 0.2) is 0 Å². The summed E-state index contributed by atoms with van der Waals surface area (Å²) in [7, 11) is 0. The predicted octanol–water partition coefficient (Wildman–Crippen LogP) is 4.49. The summed E-state index contributed by atoms with van der Waals surface area (Å²) in [5.74, 6) is 0. The van der Waals surface area contributed by atoms with Crippen LogP contribution in [-0.4, -0.2) is 5.71 Å². The number of nitrogens with zero attached hydrogens (tertiary/aromatic N) is 1. The minimum absolute atomic E-state index is 0.989. The first-order valence-electron chi connectivity index (χ1n) is 7.57. The maximum Gasteiger partial charge on any atom is 0.0977 e. The summed E-state index contributed by atoms with van der Waals surface area (Å²) >= 11 is 0. The molecule has 2 heteroatoms. The fraction of sp³-hybridized carbons (Fsp3) is 0.211. The van der Waals surface area contributed by atoms with Gasteiger partial charge in [0.05, 0.1) is 5.71 Å². The van der Waals surface area contributed by atoms with Crippen molar-refractivity contribution in [3.63, 3.8) is 0 Å². The number of hydrazone groups is 1. The smallest absolute Gasteiger partial charge is 0.0977 e. The van der Waals surface area contributed by atoms with Crippen LogP contribution in [0.2, 0.25) is 0 Å². The summed E-state index contributed by atoms with van der Waals surface area (Å²) in [6.45, 7) is 0. The van der Waals surface area contributed by atoms with E-state index in [2.05, 4.69) is 40.9 Å². The molecule has 1 aliphatic carbocycles. The van der Waals surface area contributed by atoms with Gasteiger partial charge in [0, 0.05) is 16.8 Å². The average Bonchev–Trinajstić information content (AvgIpc) is 2.58. The molecule has 0 aliphatic heterocycles. The third-order valence-corrected chi connectivity index (χ3v) is 3.70. The lowest BCUT2D eigenvalue weighted by molar-refractivity contribution is 0.652. The van der Waals surface area contributed by atoms with Gasteiger partial charge in [-0.15, -0.1) is 0 Å². The molecule has 0 amide bonds. The molecular formula is C19H20N2. The van der Waals surface area contributed by atoms with Gasteiger partial charge in [0.25, 0.3) is 0 Å². The van der Waals surface area contributed by atoms with Gasteiger partial charge in [0.1, 0.15) is 0 Å². The molecule has 0 saturated heterocycles. The van der Waals surface area contributed by atoms with E-state index < -0.39 is 0 Å². The number of hydrogen-bond donors (Lipinski definition) is 1. The van der Waals surface area contributed by atoms with Crippen LogP contribution in [0.25, 0.3) is 0 Å². The molecule has 0 radical (unpaired) electrons. The topological polar surface area (TPSA) is 24.4 Å². The third kappa shape index (κ3) is 3.60. The van der Waals surface area contributed by atoms with Crippen molar-refractivity contribution in [1.82, 2.24) is 5.43 Å². The lowest BCUT2D eigenvalue weighted by atomic mass is 10.0. The Morgan fingerprint density at radius 3 is 1.95 bits per heavy atom. The molecule has 0 atom stereocenters. The summed E-state index contributed by atoms with van der Waals surface area (Å²) < 4.78 is 0. The largest absolute Gasteiger partial charge is 0.282 e. The van der Waals surface area contributed by atoms with Gasteiger partial charge in [0.2, 0.25) is 0 Å². The monoisotopic (exact) mass is 276 g/mol. The number of allylic oxidation sites excluding steroid dienone is 2. The second-order valence-electron chi connectivity index (χ2n) is 5.28. The second-order valence-corrected chi connectivity index (χ2v) is 5.28. The van der Waals surface area contributed by atoms with Crippen molar-refractivity contribution in [2.24, 2.45) is 5.10 Å². The number of nitrogens with one attached hydrogen (secondary N) is 1. The van der Waals surface area contributed by atoms with Crippen molar-refractivity contribution in [1.29, 1.82) is 0 Å². The lowest BCUT2D eigenvalue weighted by Gasteiger charge is -2.13. The first kappa shape index (κ1) is 13.6. The van der Waals surface area contributed by atoms with E-state index in [1.807, 2.05) is 36.4 Å². The molecular weight excluding hydrogens is 256 g/mol. The van der Waals surface area contributed by atoms with E-state index in [0.29, 0.717) is 0 Å². The van der Waals surface area contributed by atoms with Gasteiger partial charge >= 0.3 is 0 Å². The zero-order valence-electron chi connectivity index (χ0n) is 12.1. The van der Waals surface area contributed by atoms with E-state index >= 15 is 0 Å². The number of hydrogen-bond acceptors (Lipinski definition) is 2. The average molecular weight is 276 g/mol. The maximum absolute atomic E-state index is 4.69. The Morgan fingerprint density at radius 2 is 1.43 bits per heavy atom. The summed E-state index contributed by atoms with van der Waals surface area (Å²) in [5.41, 5.74) is 7.76. The van der Waals surface area contributed by atoms with Crippen LogP contribution >= 0.6 is 0 Å². The van der Waals surface area contributed by atoms with Crippen molar-refractivity contribution in [2.45, 2.75) is 25.7 Å². The van der Waals surface area contributed by atoms with Gasteiger partial charge < -0.3 is 0 Å². The van der Waals surface area contributed by atoms with Crippen LogP contribution in [0.1, 0.15) is 36.8 Å². The van der Waals surface area contributed by atoms with E-state index in [9.17, 15) is 0 Å². The molecule has 2 aromatic rings. The summed E-state index contributed by atoms with van der Waals surface area (Å²) in [6.07, 6.45) is 7.06. The van der Waals surface area contributed by atoms with E-state index in [1.165, 1.54) is 18.5 Å². The highest BCUT2D eigenvalue weighted by Gasteiger charge is 2.07. The molecule has 0 bridgehead atoms. The van der Waals surface area contributed by atoms with Crippen LogP contribution in [-0.2, 0) is 0 Å². The maximum atomic E-state index is 4.69. The lowest BCUT2D eigenvalue weighted by Crippen LogP contribution is -2.14. The fourth-order valence-corrected chi connectivity index (χ4v) is 2.56. The summed E-state index contributed by atoms with van der Waals surface area (Å²) in [5, 5.41) is 4.69. The van der Waals surface area contributed by atoms with Crippen molar-refractivity contribution < 1.29 is 0 Å². The Kier molecular flexibility index (Phi) is 4.47. The fourth-order valence-electron chi connectivity index (χ4n) is 2.56. The Labute approximate surface area is 126 Å². The molecule has 0 unspecified atom stereocenters. The Morgan fingerprint density at radius 1 is 0.810 bits per heavy atom. The molecule has 2 nitrogen and oxygen atoms in total. The number of rotatable bonds is 4. The molecule has 2 aromatic carbocycles. The minimum Gasteiger partial charge on any atom is -0.282 e. The molecule has 0 spiro atoms. The van der Waals surface area contributed by atoms with Crippen LogP contribution in [0.15, 0.2) is 77.5 Å². The van der Waals surface area contributed by atoms with Crippen LogP contribution in [0, 0.1) is 0 Å². The highest BCUT2D eigenvalue weighted by Crippen LogP contribution is 2.16. The van der Waals surface area contributed by atoms with E-state index in [4.69, 9.17) is 0 Å². The highest BCUT2D eigenvalue weighted by molar-refractivity contribution is 6.12.